The second-order valence-electron chi connectivity index (χ2n) is 6.52. The summed E-state index contributed by atoms with van der Waals surface area (Å²) >= 11 is 0. The summed E-state index contributed by atoms with van der Waals surface area (Å²) in [6.45, 7) is 8.59. The van der Waals surface area contributed by atoms with Gasteiger partial charge in [-0.1, -0.05) is 32.0 Å². The Kier molecular flexibility index (Phi) is 2.62. The number of benzene rings is 2. The average Bonchev–Trinajstić information content (AvgIpc) is 2.77. The minimum Gasteiger partial charge on any atom is -0.280 e. The van der Waals surface area contributed by atoms with Crippen LogP contribution in [0.2, 0.25) is 0 Å². The van der Waals surface area contributed by atoms with E-state index < -0.39 is 0 Å². The molecule has 0 aliphatic rings. The number of aryl methyl sites for hydroxylation is 2. The molecule has 0 aliphatic heterocycles. The zero-order valence-electron chi connectivity index (χ0n) is 13.4. The molecular weight excluding hydrogens is 270 g/mol. The first-order chi connectivity index (χ1) is 10.5. The van der Waals surface area contributed by atoms with Crippen LogP contribution in [0.4, 0.5) is 0 Å². The van der Waals surface area contributed by atoms with Crippen molar-refractivity contribution < 1.29 is 0 Å². The van der Waals surface area contributed by atoms with E-state index in [1.807, 2.05) is 29.5 Å². The molecular formula is C20H19NO. The van der Waals surface area contributed by atoms with Crippen LogP contribution in [-0.2, 0) is 0 Å². The van der Waals surface area contributed by atoms with Gasteiger partial charge < -0.3 is 0 Å². The van der Waals surface area contributed by atoms with Crippen LogP contribution >= 0.6 is 0 Å². The molecule has 0 saturated carbocycles. The van der Waals surface area contributed by atoms with Crippen LogP contribution in [-0.4, -0.2) is 4.40 Å². The average molecular weight is 289 g/mol. The Morgan fingerprint density at radius 2 is 1.55 bits per heavy atom. The molecule has 4 rings (SSSR count). The predicted molar refractivity (Wildman–Crippen MR) is 93.4 cm³/mol. The van der Waals surface area contributed by atoms with Crippen molar-refractivity contribution in [1.29, 1.82) is 0 Å². The zero-order valence-corrected chi connectivity index (χ0v) is 13.4. The molecule has 2 heteroatoms. The fraction of sp³-hybridized carbons (Fsp3) is 0.250. The lowest BCUT2D eigenvalue weighted by atomic mass is 9.96. The number of aromatic nitrogens is 1. The first kappa shape index (κ1) is 13.3. The number of pyridine rings is 1. The van der Waals surface area contributed by atoms with Crippen molar-refractivity contribution in [3.63, 3.8) is 0 Å². The van der Waals surface area contributed by atoms with Crippen molar-refractivity contribution in [2.75, 3.05) is 0 Å². The van der Waals surface area contributed by atoms with Crippen LogP contribution in [0.3, 0.4) is 0 Å². The minimum absolute atomic E-state index is 0.0935. The molecule has 2 nitrogen and oxygen atoms in total. The molecule has 0 N–H and O–H groups in total. The molecule has 2 heterocycles. The van der Waals surface area contributed by atoms with Crippen molar-refractivity contribution in [2.45, 2.75) is 33.6 Å². The Morgan fingerprint density at radius 1 is 0.909 bits per heavy atom. The number of hydrogen-bond acceptors (Lipinski definition) is 1. The summed E-state index contributed by atoms with van der Waals surface area (Å²) in [7, 11) is 0. The SMILES string of the molecule is Cc1c(C)n2c(=O)c3ccccc3c3cc(C(C)C)cc1c32. The first-order valence-electron chi connectivity index (χ1n) is 7.80. The van der Waals surface area contributed by atoms with Gasteiger partial charge in [0.25, 0.3) is 5.56 Å². The van der Waals surface area contributed by atoms with Crippen molar-refractivity contribution in [3.05, 3.63) is 63.6 Å². The van der Waals surface area contributed by atoms with Gasteiger partial charge in [-0.2, -0.15) is 0 Å². The maximum absolute atomic E-state index is 12.9. The van der Waals surface area contributed by atoms with Gasteiger partial charge in [0.1, 0.15) is 0 Å². The second-order valence-corrected chi connectivity index (χ2v) is 6.52. The predicted octanol–water partition coefficient (Wildman–Crippen LogP) is 4.78. The monoisotopic (exact) mass is 289 g/mol. The van der Waals surface area contributed by atoms with Gasteiger partial charge >= 0.3 is 0 Å². The maximum atomic E-state index is 12.9. The topological polar surface area (TPSA) is 21.5 Å². The summed E-state index contributed by atoms with van der Waals surface area (Å²) in [5.74, 6) is 0.466. The number of fused-ring (bicyclic) bond motifs is 2. The summed E-state index contributed by atoms with van der Waals surface area (Å²) in [5.41, 5.74) is 4.75. The molecule has 4 aromatic rings. The highest BCUT2D eigenvalue weighted by molar-refractivity contribution is 6.13. The molecule has 0 saturated heterocycles. The van der Waals surface area contributed by atoms with E-state index in [4.69, 9.17) is 0 Å². The van der Waals surface area contributed by atoms with E-state index in [-0.39, 0.29) is 5.56 Å². The summed E-state index contributed by atoms with van der Waals surface area (Å²) in [6, 6.07) is 12.5. The molecule has 0 unspecified atom stereocenters. The third kappa shape index (κ3) is 1.52. The third-order valence-corrected chi connectivity index (χ3v) is 4.96. The largest absolute Gasteiger partial charge is 0.280 e. The molecule has 0 radical (unpaired) electrons. The van der Waals surface area contributed by atoms with Crippen molar-refractivity contribution in [1.82, 2.24) is 4.40 Å². The van der Waals surface area contributed by atoms with E-state index in [0.717, 1.165) is 22.0 Å². The Bertz CT molecular complexity index is 1090. The minimum atomic E-state index is 0.0935. The Labute approximate surface area is 129 Å². The van der Waals surface area contributed by atoms with Gasteiger partial charge in [-0.25, -0.2) is 0 Å². The molecule has 0 amide bonds. The summed E-state index contributed by atoms with van der Waals surface area (Å²) in [6.07, 6.45) is 0. The molecule has 110 valence electrons. The van der Waals surface area contributed by atoms with Crippen LogP contribution in [0.15, 0.2) is 41.2 Å². The zero-order chi connectivity index (χ0) is 15.6. The fourth-order valence-electron chi connectivity index (χ4n) is 3.53. The first-order valence-corrected chi connectivity index (χ1v) is 7.80. The number of nitrogens with zero attached hydrogens (tertiary/aromatic N) is 1. The highest BCUT2D eigenvalue weighted by Gasteiger charge is 2.18. The van der Waals surface area contributed by atoms with Crippen molar-refractivity contribution in [3.8, 4) is 0 Å². The molecule has 0 bridgehead atoms. The van der Waals surface area contributed by atoms with E-state index in [9.17, 15) is 4.79 Å². The van der Waals surface area contributed by atoms with Gasteiger partial charge in [-0.15, -0.1) is 0 Å². The Hall–Kier alpha value is -2.35. The fourth-order valence-corrected chi connectivity index (χ4v) is 3.53. The standard InChI is InChI=1S/C20H19NO/c1-11(2)14-9-17-12(3)13(4)21-19(17)18(10-14)15-7-5-6-8-16(15)20(21)22/h5-11H,1-4H3. The van der Waals surface area contributed by atoms with Crippen molar-refractivity contribution >= 4 is 27.1 Å². The molecule has 0 fully saturated rings. The van der Waals surface area contributed by atoms with E-state index in [0.29, 0.717) is 5.92 Å². The van der Waals surface area contributed by atoms with Gasteiger partial charge in [0.15, 0.2) is 0 Å². The summed E-state index contributed by atoms with van der Waals surface area (Å²) < 4.78 is 1.90. The Balaban J connectivity index is 2.43. The van der Waals surface area contributed by atoms with Gasteiger partial charge in [0.05, 0.1) is 5.52 Å². The number of hydrogen-bond donors (Lipinski definition) is 0. The van der Waals surface area contributed by atoms with Crippen LogP contribution < -0.4 is 5.56 Å². The molecule has 2 aromatic carbocycles. The van der Waals surface area contributed by atoms with E-state index in [1.54, 1.807) is 0 Å². The van der Waals surface area contributed by atoms with Gasteiger partial charge in [0, 0.05) is 21.9 Å². The van der Waals surface area contributed by atoms with Crippen LogP contribution in [0.5, 0.6) is 0 Å². The van der Waals surface area contributed by atoms with Gasteiger partial charge in [0.2, 0.25) is 0 Å². The molecule has 22 heavy (non-hydrogen) atoms. The summed E-state index contributed by atoms with van der Waals surface area (Å²) in [4.78, 5) is 12.9. The van der Waals surface area contributed by atoms with Gasteiger partial charge in [-0.3, -0.25) is 9.20 Å². The van der Waals surface area contributed by atoms with Gasteiger partial charge in [-0.05, 0) is 54.5 Å². The van der Waals surface area contributed by atoms with E-state index >= 15 is 0 Å². The number of rotatable bonds is 1. The van der Waals surface area contributed by atoms with E-state index in [2.05, 4.69) is 39.0 Å². The quantitative estimate of drug-likeness (QED) is 0.462. The van der Waals surface area contributed by atoms with Crippen LogP contribution in [0.1, 0.15) is 36.6 Å². The second kappa shape index (κ2) is 4.33. The van der Waals surface area contributed by atoms with Crippen LogP contribution in [0, 0.1) is 13.8 Å². The van der Waals surface area contributed by atoms with E-state index in [1.165, 1.54) is 21.9 Å². The highest BCUT2D eigenvalue weighted by atomic mass is 16.1. The normalized spacial score (nSPS) is 12.2. The third-order valence-electron chi connectivity index (χ3n) is 4.96. The lowest BCUT2D eigenvalue weighted by Crippen LogP contribution is -2.14. The smallest absolute Gasteiger partial charge is 0.263 e. The molecule has 0 aliphatic carbocycles. The van der Waals surface area contributed by atoms with Crippen molar-refractivity contribution in [2.24, 2.45) is 0 Å². The Morgan fingerprint density at radius 3 is 2.23 bits per heavy atom. The van der Waals surface area contributed by atoms with Crippen LogP contribution in [0.25, 0.3) is 27.1 Å². The lowest BCUT2D eigenvalue weighted by Gasteiger charge is -2.11. The molecule has 0 spiro atoms. The lowest BCUT2D eigenvalue weighted by molar-refractivity contribution is 0.870. The molecule has 2 aromatic heterocycles. The maximum Gasteiger partial charge on any atom is 0.263 e. The molecule has 0 atom stereocenters. The highest BCUT2D eigenvalue weighted by Crippen LogP contribution is 2.34. The summed E-state index contributed by atoms with van der Waals surface area (Å²) in [5, 5.41) is 4.26.